The summed E-state index contributed by atoms with van der Waals surface area (Å²) < 4.78 is 0. The van der Waals surface area contributed by atoms with Gasteiger partial charge in [-0.05, 0) is 12.5 Å². The first-order valence-corrected chi connectivity index (χ1v) is 6.29. The molecule has 4 heteroatoms. The second kappa shape index (κ2) is 6.79. The van der Waals surface area contributed by atoms with Crippen LogP contribution in [0.15, 0.2) is 30.3 Å². The van der Waals surface area contributed by atoms with Crippen molar-refractivity contribution in [3.8, 4) is 0 Å². The molecule has 1 heterocycles. The van der Waals surface area contributed by atoms with Crippen molar-refractivity contribution in [2.75, 3.05) is 6.54 Å². The molecule has 0 spiro atoms. The van der Waals surface area contributed by atoms with Crippen molar-refractivity contribution >= 4 is 11.8 Å². The molecule has 2 amide bonds. The number of piperazine rings is 1. The Balaban J connectivity index is 0.000000771. The van der Waals surface area contributed by atoms with E-state index in [-0.39, 0.29) is 18.4 Å². The lowest BCUT2D eigenvalue weighted by Gasteiger charge is -2.30. The number of amides is 2. The number of hydrogen-bond donors (Lipinski definition) is 1. The lowest BCUT2D eigenvalue weighted by atomic mass is 10.1. The number of benzene rings is 1. The molecule has 1 aromatic carbocycles. The molecule has 98 valence electrons. The zero-order valence-corrected chi connectivity index (χ0v) is 11.1. The van der Waals surface area contributed by atoms with Crippen molar-refractivity contribution in [3.05, 3.63) is 35.9 Å². The highest BCUT2D eigenvalue weighted by atomic mass is 16.2. The Labute approximate surface area is 108 Å². The Morgan fingerprint density at radius 3 is 2.44 bits per heavy atom. The number of nitrogens with one attached hydrogen (secondary N) is 1. The first-order valence-electron chi connectivity index (χ1n) is 6.29. The van der Waals surface area contributed by atoms with E-state index in [4.69, 9.17) is 0 Å². The second-order valence-electron chi connectivity index (χ2n) is 3.97. The van der Waals surface area contributed by atoms with Crippen LogP contribution in [0.2, 0.25) is 0 Å². The Kier molecular flexibility index (Phi) is 5.36. The van der Waals surface area contributed by atoms with E-state index in [1.165, 1.54) is 0 Å². The minimum absolute atomic E-state index is 0.0246. The van der Waals surface area contributed by atoms with Crippen LogP contribution >= 0.6 is 0 Å². The van der Waals surface area contributed by atoms with Gasteiger partial charge in [0.25, 0.3) is 0 Å². The summed E-state index contributed by atoms with van der Waals surface area (Å²) in [5.41, 5.74) is 1.04. The number of hydrogen-bond acceptors (Lipinski definition) is 2. The summed E-state index contributed by atoms with van der Waals surface area (Å²) in [6, 6.07) is 9.26. The van der Waals surface area contributed by atoms with Crippen molar-refractivity contribution in [2.45, 2.75) is 33.4 Å². The molecule has 0 bridgehead atoms. The van der Waals surface area contributed by atoms with E-state index in [2.05, 4.69) is 5.32 Å². The predicted octanol–water partition coefficient (Wildman–Crippen LogP) is 1.56. The van der Waals surface area contributed by atoms with Gasteiger partial charge in [-0.1, -0.05) is 44.2 Å². The smallest absolute Gasteiger partial charge is 0.245 e. The average molecular weight is 248 g/mol. The number of carbonyl (C=O) groups is 2. The fourth-order valence-electron chi connectivity index (χ4n) is 1.81. The zero-order valence-electron chi connectivity index (χ0n) is 11.1. The summed E-state index contributed by atoms with van der Waals surface area (Å²) >= 11 is 0. The lowest BCUT2D eigenvalue weighted by molar-refractivity contribution is -0.144. The monoisotopic (exact) mass is 248 g/mol. The molecule has 0 aliphatic carbocycles. The maximum Gasteiger partial charge on any atom is 0.245 e. The van der Waals surface area contributed by atoms with E-state index in [1.807, 2.05) is 44.2 Å². The van der Waals surface area contributed by atoms with Gasteiger partial charge in [0.15, 0.2) is 0 Å². The van der Waals surface area contributed by atoms with Crippen LogP contribution in [-0.4, -0.2) is 29.3 Å². The molecule has 1 aromatic rings. The van der Waals surface area contributed by atoms with Crippen molar-refractivity contribution < 1.29 is 9.59 Å². The molecule has 1 saturated heterocycles. The maximum atomic E-state index is 11.8. The summed E-state index contributed by atoms with van der Waals surface area (Å²) in [5.74, 6) is -0.119. The van der Waals surface area contributed by atoms with Gasteiger partial charge in [0.2, 0.25) is 11.8 Å². The molecule has 1 N–H and O–H groups in total. The van der Waals surface area contributed by atoms with Gasteiger partial charge >= 0.3 is 0 Å². The minimum atomic E-state index is -0.412. The van der Waals surface area contributed by atoms with E-state index in [9.17, 15) is 9.59 Å². The third-order valence-corrected chi connectivity index (χ3v) is 2.61. The molecule has 1 atom stereocenters. The molecular weight excluding hydrogens is 228 g/mol. The maximum absolute atomic E-state index is 11.8. The summed E-state index contributed by atoms with van der Waals surface area (Å²) in [7, 11) is 0. The molecular formula is C14H20N2O2. The fraction of sp³-hybridized carbons (Fsp3) is 0.429. The van der Waals surface area contributed by atoms with Crippen LogP contribution in [0.25, 0.3) is 0 Å². The molecule has 1 aliphatic heterocycles. The Hall–Kier alpha value is -1.84. The van der Waals surface area contributed by atoms with E-state index in [0.717, 1.165) is 5.56 Å². The molecule has 0 radical (unpaired) electrons. The number of rotatable bonds is 2. The predicted molar refractivity (Wildman–Crippen MR) is 70.8 cm³/mol. The van der Waals surface area contributed by atoms with Gasteiger partial charge in [-0.3, -0.25) is 9.59 Å². The van der Waals surface area contributed by atoms with E-state index in [0.29, 0.717) is 6.54 Å². The van der Waals surface area contributed by atoms with Crippen molar-refractivity contribution in [1.82, 2.24) is 10.2 Å². The molecule has 1 fully saturated rings. The van der Waals surface area contributed by atoms with Crippen LogP contribution in [0.4, 0.5) is 0 Å². The molecule has 4 nitrogen and oxygen atoms in total. The highest BCUT2D eigenvalue weighted by Gasteiger charge is 2.29. The highest BCUT2D eigenvalue weighted by Crippen LogP contribution is 2.08. The second-order valence-corrected chi connectivity index (χ2v) is 3.97. The quantitative estimate of drug-likeness (QED) is 0.863. The SMILES string of the molecule is CC.CC1NC(=O)CN(Cc2ccccc2)C1=O. The van der Waals surface area contributed by atoms with Gasteiger partial charge in [-0.25, -0.2) is 0 Å². The lowest BCUT2D eigenvalue weighted by Crippen LogP contribution is -2.56. The van der Waals surface area contributed by atoms with Crippen LogP contribution in [-0.2, 0) is 16.1 Å². The minimum Gasteiger partial charge on any atom is -0.343 e. The largest absolute Gasteiger partial charge is 0.343 e. The van der Waals surface area contributed by atoms with Gasteiger partial charge in [-0.15, -0.1) is 0 Å². The van der Waals surface area contributed by atoms with E-state index in [1.54, 1.807) is 11.8 Å². The number of nitrogens with zero attached hydrogens (tertiary/aromatic N) is 1. The highest BCUT2D eigenvalue weighted by molar-refractivity contribution is 5.94. The van der Waals surface area contributed by atoms with Gasteiger partial charge in [0.1, 0.15) is 6.04 Å². The Bertz CT molecular complexity index is 404. The van der Waals surface area contributed by atoms with E-state index >= 15 is 0 Å². The van der Waals surface area contributed by atoms with Crippen molar-refractivity contribution in [1.29, 1.82) is 0 Å². The molecule has 0 saturated carbocycles. The van der Waals surface area contributed by atoms with Gasteiger partial charge in [0, 0.05) is 6.54 Å². The van der Waals surface area contributed by atoms with Crippen molar-refractivity contribution in [2.24, 2.45) is 0 Å². The molecule has 2 rings (SSSR count). The Morgan fingerprint density at radius 2 is 1.83 bits per heavy atom. The molecule has 1 aliphatic rings. The molecule has 0 aromatic heterocycles. The fourth-order valence-corrected chi connectivity index (χ4v) is 1.81. The summed E-state index contributed by atoms with van der Waals surface area (Å²) in [5, 5.41) is 2.61. The Morgan fingerprint density at radius 1 is 1.22 bits per heavy atom. The van der Waals surface area contributed by atoms with Crippen LogP contribution in [0, 0.1) is 0 Å². The van der Waals surface area contributed by atoms with Gasteiger partial charge < -0.3 is 10.2 Å². The summed E-state index contributed by atoms with van der Waals surface area (Å²) in [6.45, 7) is 6.35. The third-order valence-electron chi connectivity index (χ3n) is 2.61. The number of carbonyl (C=O) groups excluding carboxylic acids is 2. The van der Waals surface area contributed by atoms with Gasteiger partial charge in [0.05, 0.1) is 6.54 Å². The third kappa shape index (κ3) is 3.58. The molecule has 1 unspecified atom stereocenters. The molecule has 18 heavy (non-hydrogen) atoms. The summed E-state index contributed by atoms with van der Waals surface area (Å²) in [6.07, 6.45) is 0. The van der Waals surface area contributed by atoms with Crippen LogP contribution in [0.1, 0.15) is 26.3 Å². The van der Waals surface area contributed by atoms with Crippen LogP contribution in [0.5, 0.6) is 0 Å². The van der Waals surface area contributed by atoms with Gasteiger partial charge in [-0.2, -0.15) is 0 Å². The first-order chi connectivity index (χ1) is 8.66. The first kappa shape index (κ1) is 14.2. The summed E-state index contributed by atoms with van der Waals surface area (Å²) in [4.78, 5) is 24.7. The standard InChI is InChI=1S/C12H14N2O2.C2H6/c1-9-12(16)14(8-11(15)13-9)7-10-5-3-2-4-6-10;1-2/h2-6,9H,7-8H2,1H3,(H,13,15);1-2H3. The average Bonchev–Trinajstić information content (AvgIpc) is 2.39. The van der Waals surface area contributed by atoms with Crippen LogP contribution in [0.3, 0.4) is 0 Å². The van der Waals surface area contributed by atoms with Crippen molar-refractivity contribution in [3.63, 3.8) is 0 Å². The van der Waals surface area contributed by atoms with E-state index < -0.39 is 6.04 Å². The normalized spacial score (nSPS) is 18.8. The zero-order chi connectivity index (χ0) is 13.5. The van der Waals surface area contributed by atoms with Crippen LogP contribution < -0.4 is 5.32 Å². The topological polar surface area (TPSA) is 49.4 Å².